The van der Waals surface area contributed by atoms with Gasteiger partial charge in [0.2, 0.25) is 17.7 Å². The zero-order chi connectivity index (χ0) is 24.7. The predicted octanol–water partition coefficient (Wildman–Crippen LogP) is 7.67. The molecule has 0 aliphatic carbocycles. The van der Waals surface area contributed by atoms with E-state index in [-0.39, 0.29) is 5.56 Å². The lowest BCUT2D eigenvalue weighted by molar-refractivity contribution is 0.515. The van der Waals surface area contributed by atoms with Crippen LogP contribution in [0.2, 0.25) is 0 Å². The normalized spacial score (nSPS) is 12.1. The standard InChI is InChI=1S/C30H16F2N4O/c31-26-15-13-19(29(32)34-26)17-6-5-7-18(16-17)35-24-14-12-21-20-8-1-4-11-25(20)37-28(21)27(24)36-23-10-3-2-9-22(23)33-30(35)36/h1-16H. The highest BCUT2D eigenvalue weighted by molar-refractivity contribution is 6.15. The van der Waals surface area contributed by atoms with E-state index < -0.39 is 11.9 Å². The molecule has 0 atom stereocenters. The van der Waals surface area contributed by atoms with E-state index in [1.807, 2.05) is 65.2 Å². The van der Waals surface area contributed by atoms with Gasteiger partial charge in [0.15, 0.2) is 5.58 Å². The van der Waals surface area contributed by atoms with Gasteiger partial charge in [-0.05, 0) is 60.2 Å². The first-order valence-electron chi connectivity index (χ1n) is 11.8. The van der Waals surface area contributed by atoms with E-state index in [9.17, 15) is 8.78 Å². The van der Waals surface area contributed by atoms with Crippen molar-refractivity contribution in [2.24, 2.45) is 0 Å². The summed E-state index contributed by atoms with van der Waals surface area (Å²) in [7, 11) is 0. The molecule has 0 saturated carbocycles. The summed E-state index contributed by atoms with van der Waals surface area (Å²) >= 11 is 0. The molecule has 4 aromatic heterocycles. The molecule has 0 radical (unpaired) electrons. The van der Waals surface area contributed by atoms with E-state index in [0.29, 0.717) is 11.3 Å². The van der Waals surface area contributed by atoms with Gasteiger partial charge in [-0.15, -0.1) is 0 Å². The maximum Gasteiger partial charge on any atom is 0.223 e. The number of halogens is 2. The van der Waals surface area contributed by atoms with E-state index in [0.717, 1.165) is 55.8 Å². The van der Waals surface area contributed by atoms with Crippen molar-refractivity contribution in [2.75, 3.05) is 0 Å². The molecular weight excluding hydrogens is 470 g/mol. The summed E-state index contributed by atoms with van der Waals surface area (Å²) in [4.78, 5) is 8.33. The average Bonchev–Trinajstić information content (AvgIpc) is 3.57. The van der Waals surface area contributed by atoms with Gasteiger partial charge in [0, 0.05) is 22.0 Å². The van der Waals surface area contributed by atoms with Gasteiger partial charge in [0.05, 0.1) is 16.6 Å². The van der Waals surface area contributed by atoms with Crippen molar-refractivity contribution < 1.29 is 13.2 Å². The van der Waals surface area contributed by atoms with Crippen LogP contribution in [0.1, 0.15) is 0 Å². The van der Waals surface area contributed by atoms with Crippen molar-refractivity contribution >= 4 is 49.8 Å². The summed E-state index contributed by atoms with van der Waals surface area (Å²) in [5.74, 6) is -0.997. The highest BCUT2D eigenvalue weighted by Gasteiger charge is 2.22. The van der Waals surface area contributed by atoms with Crippen LogP contribution in [0.25, 0.3) is 66.6 Å². The van der Waals surface area contributed by atoms with Crippen LogP contribution in [0.5, 0.6) is 0 Å². The molecule has 0 N–H and O–H groups in total. The third kappa shape index (κ3) is 2.76. The number of hydrogen-bond donors (Lipinski definition) is 0. The zero-order valence-corrected chi connectivity index (χ0v) is 19.2. The van der Waals surface area contributed by atoms with Crippen LogP contribution in [-0.2, 0) is 0 Å². The predicted molar refractivity (Wildman–Crippen MR) is 140 cm³/mol. The monoisotopic (exact) mass is 486 g/mol. The van der Waals surface area contributed by atoms with Gasteiger partial charge in [-0.25, -0.2) is 4.98 Å². The van der Waals surface area contributed by atoms with Crippen molar-refractivity contribution in [1.82, 2.24) is 18.9 Å². The van der Waals surface area contributed by atoms with Crippen molar-refractivity contribution in [3.05, 3.63) is 109 Å². The van der Waals surface area contributed by atoms with Crippen LogP contribution in [-0.4, -0.2) is 18.9 Å². The number of nitrogens with zero attached hydrogens (tertiary/aromatic N) is 4. The SMILES string of the molecule is Fc1ccc(-c2cccc(-n3c4ccc5c6ccccc6oc5c4n4c5ccccc5nc34)c2)c(F)n1. The first-order chi connectivity index (χ1) is 18.2. The lowest BCUT2D eigenvalue weighted by Gasteiger charge is -2.09. The molecule has 8 aromatic rings. The van der Waals surface area contributed by atoms with Gasteiger partial charge in [0.25, 0.3) is 0 Å². The molecule has 0 aliphatic rings. The summed E-state index contributed by atoms with van der Waals surface area (Å²) < 4.78 is 38.6. The van der Waals surface area contributed by atoms with Crippen LogP contribution >= 0.6 is 0 Å². The van der Waals surface area contributed by atoms with Gasteiger partial charge in [0.1, 0.15) is 11.1 Å². The summed E-state index contributed by atoms with van der Waals surface area (Å²) in [5.41, 5.74) is 6.80. The first kappa shape index (κ1) is 20.2. The second kappa shape index (κ2) is 7.24. The number of fused-ring (bicyclic) bond motifs is 9. The molecule has 4 aromatic carbocycles. The highest BCUT2D eigenvalue weighted by Crippen LogP contribution is 2.38. The number of para-hydroxylation sites is 3. The van der Waals surface area contributed by atoms with Gasteiger partial charge < -0.3 is 4.42 Å². The Labute approximate surface area is 207 Å². The minimum absolute atomic E-state index is 0.226. The second-order valence-electron chi connectivity index (χ2n) is 9.00. The number of aromatic nitrogens is 4. The molecule has 0 saturated heterocycles. The van der Waals surface area contributed by atoms with Crippen LogP contribution in [0.3, 0.4) is 0 Å². The van der Waals surface area contributed by atoms with Gasteiger partial charge in [-0.1, -0.05) is 42.5 Å². The molecule has 4 heterocycles. The molecule has 37 heavy (non-hydrogen) atoms. The molecular formula is C30H16F2N4O. The summed E-state index contributed by atoms with van der Waals surface area (Å²) in [6.45, 7) is 0. The Balaban J connectivity index is 1.51. The second-order valence-corrected chi connectivity index (χ2v) is 9.00. The topological polar surface area (TPSA) is 48.3 Å². The maximum atomic E-state index is 14.5. The molecule has 0 spiro atoms. The van der Waals surface area contributed by atoms with Crippen LogP contribution in [0, 0.1) is 11.9 Å². The third-order valence-corrected chi connectivity index (χ3v) is 6.94. The Morgan fingerprint density at radius 1 is 0.703 bits per heavy atom. The van der Waals surface area contributed by atoms with Gasteiger partial charge >= 0.3 is 0 Å². The molecule has 0 unspecified atom stereocenters. The zero-order valence-electron chi connectivity index (χ0n) is 19.2. The Morgan fingerprint density at radius 3 is 2.49 bits per heavy atom. The fraction of sp³-hybridized carbons (Fsp3) is 0. The smallest absolute Gasteiger partial charge is 0.223 e. The Morgan fingerprint density at radius 2 is 1.57 bits per heavy atom. The number of imidazole rings is 2. The fourth-order valence-corrected chi connectivity index (χ4v) is 5.35. The molecule has 0 bridgehead atoms. The van der Waals surface area contributed by atoms with E-state index in [2.05, 4.69) is 27.6 Å². The van der Waals surface area contributed by atoms with E-state index in [4.69, 9.17) is 9.40 Å². The summed E-state index contributed by atoms with van der Waals surface area (Å²) in [6.07, 6.45) is 0. The van der Waals surface area contributed by atoms with Crippen LogP contribution < -0.4 is 0 Å². The summed E-state index contributed by atoms with van der Waals surface area (Å²) in [6, 6.07) is 30.1. The quantitative estimate of drug-likeness (QED) is 0.236. The molecule has 0 aliphatic heterocycles. The van der Waals surface area contributed by atoms with Gasteiger partial charge in [-0.3, -0.25) is 8.97 Å². The van der Waals surface area contributed by atoms with Crippen LogP contribution in [0.4, 0.5) is 8.78 Å². The van der Waals surface area contributed by atoms with E-state index in [1.165, 1.54) is 6.07 Å². The first-order valence-corrected chi connectivity index (χ1v) is 11.8. The van der Waals surface area contributed by atoms with Gasteiger partial charge in [-0.2, -0.15) is 13.8 Å². The number of hydrogen-bond acceptors (Lipinski definition) is 3. The van der Waals surface area contributed by atoms with Crippen LogP contribution in [0.15, 0.2) is 101 Å². The molecule has 5 nitrogen and oxygen atoms in total. The maximum absolute atomic E-state index is 14.5. The number of furan rings is 1. The van der Waals surface area contributed by atoms with Crippen molar-refractivity contribution in [1.29, 1.82) is 0 Å². The number of benzene rings is 4. The number of rotatable bonds is 2. The van der Waals surface area contributed by atoms with Crippen molar-refractivity contribution in [3.63, 3.8) is 0 Å². The lowest BCUT2D eigenvalue weighted by atomic mass is 10.1. The third-order valence-electron chi connectivity index (χ3n) is 6.94. The van der Waals surface area contributed by atoms with Crippen molar-refractivity contribution in [2.45, 2.75) is 0 Å². The summed E-state index contributed by atoms with van der Waals surface area (Å²) in [5, 5.41) is 2.07. The lowest BCUT2D eigenvalue weighted by Crippen LogP contribution is -1.97. The minimum Gasteiger partial charge on any atom is -0.454 e. The molecule has 7 heteroatoms. The fourth-order valence-electron chi connectivity index (χ4n) is 5.35. The minimum atomic E-state index is -0.852. The Bertz CT molecular complexity index is 2190. The largest absolute Gasteiger partial charge is 0.454 e. The molecule has 0 amide bonds. The van der Waals surface area contributed by atoms with E-state index in [1.54, 1.807) is 6.07 Å². The Kier molecular flexibility index (Phi) is 3.95. The molecule has 0 fully saturated rings. The molecule has 176 valence electrons. The Hall–Kier alpha value is -5.04. The van der Waals surface area contributed by atoms with E-state index >= 15 is 0 Å². The average molecular weight is 486 g/mol. The van der Waals surface area contributed by atoms with Crippen molar-refractivity contribution in [3.8, 4) is 16.8 Å². The number of pyridine rings is 1. The molecule has 8 rings (SSSR count). The highest BCUT2D eigenvalue weighted by atomic mass is 19.1.